The molecule has 1 aromatic carbocycles. The molecule has 6 heteroatoms. The van der Waals surface area contributed by atoms with Crippen molar-refractivity contribution in [2.24, 2.45) is 0 Å². The van der Waals surface area contributed by atoms with Crippen LogP contribution in [0.2, 0.25) is 0 Å². The molecule has 0 aliphatic heterocycles. The average Bonchev–Trinajstić information content (AvgIpc) is 2.86. The number of nitrogens with one attached hydrogen (secondary N) is 1. The lowest BCUT2D eigenvalue weighted by Crippen LogP contribution is -2.23. The van der Waals surface area contributed by atoms with E-state index in [1.807, 2.05) is 18.5 Å². The second-order valence-electron chi connectivity index (χ2n) is 6.39. The summed E-state index contributed by atoms with van der Waals surface area (Å²) in [6.45, 7) is 8.73. The van der Waals surface area contributed by atoms with E-state index >= 15 is 0 Å². The molecular weight excluding hydrogens is 337 g/mol. The van der Waals surface area contributed by atoms with Crippen LogP contribution in [0.15, 0.2) is 24.3 Å². The molecule has 2 rings (SSSR count). The number of nitrogens with zero attached hydrogens (tertiary/aromatic N) is 2. The topological polar surface area (TPSA) is 46.9 Å². The summed E-state index contributed by atoms with van der Waals surface area (Å²) in [4.78, 5) is 12.0. The lowest BCUT2D eigenvalue weighted by Gasteiger charge is -2.09. The van der Waals surface area contributed by atoms with Gasteiger partial charge in [-0.15, -0.1) is 0 Å². The normalized spacial score (nSPS) is 11.1. The van der Waals surface area contributed by atoms with Gasteiger partial charge in [0, 0.05) is 41.8 Å². The Hall–Kier alpha value is -1.82. The van der Waals surface area contributed by atoms with Gasteiger partial charge in [0.2, 0.25) is 5.91 Å². The Morgan fingerprint density at radius 1 is 1.28 bits per heavy atom. The van der Waals surface area contributed by atoms with E-state index in [9.17, 15) is 9.18 Å². The maximum absolute atomic E-state index is 12.8. The molecule has 0 aliphatic carbocycles. The highest BCUT2D eigenvalue weighted by Gasteiger charge is 2.14. The summed E-state index contributed by atoms with van der Waals surface area (Å²) in [6, 6.07) is 6.79. The molecule has 0 spiro atoms. The zero-order valence-corrected chi connectivity index (χ0v) is 16.1. The predicted molar refractivity (Wildman–Crippen MR) is 101 cm³/mol. The van der Waals surface area contributed by atoms with E-state index in [0.717, 1.165) is 34.0 Å². The fourth-order valence-electron chi connectivity index (χ4n) is 2.67. The quantitative estimate of drug-likeness (QED) is 0.717. The van der Waals surface area contributed by atoms with Crippen LogP contribution in [0.3, 0.4) is 0 Å². The molecule has 0 atom stereocenters. The minimum absolute atomic E-state index is 0.0442. The molecule has 0 saturated carbocycles. The third-order valence-corrected chi connectivity index (χ3v) is 5.11. The van der Waals surface area contributed by atoms with Crippen LogP contribution in [0, 0.1) is 19.7 Å². The van der Waals surface area contributed by atoms with E-state index in [1.165, 1.54) is 12.1 Å². The second-order valence-corrected chi connectivity index (χ2v) is 7.50. The standard InChI is InChI=1S/C19H26FN3OS/c1-13(2)23-15(4)18(14(3)22-23)11-21-19(24)9-10-25-12-16-5-7-17(20)8-6-16/h5-8,13H,9-12H2,1-4H3,(H,21,24). The molecule has 2 aromatic rings. The molecule has 4 nitrogen and oxygen atoms in total. The van der Waals surface area contributed by atoms with Crippen molar-refractivity contribution in [2.45, 2.75) is 52.5 Å². The molecule has 0 fully saturated rings. The van der Waals surface area contributed by atoms with Crippen LogP contribution in [0.1, 0.15) is 48.8 Å². The number of benzene rings is 1. The molecule has 0 unspecified atom stereocenters. The Morgan fingerprint density at radius 2 is 1.96 bits per heavy atom. The number of rotatable bonds is 8. The zero-order valence-electron chi connectivity index (χ0n) is 15.3. The average molecular weight is 364 g/mol. The van der Waals surface area contributed by atoms with E-state index < -0.39 is 0 Å². The minimum atomic E-state index is -0.223. The van der Waals surface area contributed by atoms with Crippen molar-refractivity contribution in [3.8, 4) is 0 Å². The number of aryl methyl sites for hydroxylation is 1. The molecule has 1 heterocycles. The molecule has 25 heavy (non-hydrogen) atoms. The molecule has 0 saturated heterocycles. The first-order valence-corrected chi connectivity index (χ1v) is 9.67. The van der Waals surface area contributed by atoms with Crippen LogP contribution in [-0.4, -0.2) is 21.4 Å². The van der Waals surface area contributed by atoms with Gasteiger partial charge in [0.05, 0.1) is 5.69 Å². The van der Waals surface area contributed by atoms with Gasteiger partial charge in [0.25, 0.3) is 0 Å². The highest BCUT2D eigenvalue weighted by atomic mass is 32.2. The molecular formula is C19H26FN3OS. The smallest absolute Gasteiger partial charge is 0.221 e. The van der Waals surface area contributed by atoms with E-state index in [0.29, 0.717) is 19.0 Å². The summed E-state index contributed by atoms with van der Waals surface area (Å²) in [7, 11) is 0. The number of carbonyl (C=O) groups is 1. The zero-order chi connectivity index (χ0) is 18.4. The maximum atomic E-state index is 12.8. The fourth-order valence-corrected chi connectivity index (χ4v) is 3.57. The maximum Gasteiger partial charge on any atom is 0.221 e. The van der Waals surface area contributed by atoms with Crippen molar-refractivity contribution in [2.75, 3.05) is 5.75 Å². The predicted octanol–water partition coefficient (Wildman–Crippen LogP) is 4.16. The van der Waals surface area contributed by atoms with E-state index in [2.05, 4.69) is 24.3 Å². The van der Waals surface area contributed by atoms with Crippen molar-refractivity contribution < 1.29 is 9.18 Å². The molecule has 136 valence electrons. The first kappa shape index (κ1) is 19.5. The highest BCUT2D eigenvalue weighted by Crippen LogP contribution is 2.17. The molecule has 1 amide bonds. The van der Waals surface area contributed by atoms with Crippen molar-refractivity contribution in [3.63, 3.8) is 0 Å². The molecule has 0 aliphatic rings. The van der Waals surface area contributed by atoms with Crippen molar-refractivity contribution in [1.29, 1.82) is 0 Å². The summed E-state index contributed by atoms with van der Waals surface area (Å²) >= 11 is 1.68. The summed E-state index contributed by atoms with van der Waals surface area (Å²) in [5.74, 6) is 1.35. The van der Waals surface area contributed by atoms with Crippen molar-refractivity contribution in [3.05, 3.63) is 52.6 Å². The largest absolute Gasteiger partial charge is 0.352 e. The van der Waals surface area contributed by atoms with Crippen molar-refractivity contribution in [1.82, 2.24) is 15.1 Å². The van der Waals surface area contributed by atoms with Gasteiger partial charge in [0.1, 0.15) is 5.82 Å². The first-order chi connectivity index (χ1) is 11.9. The van der Waals surface area contributed by atoms with Crippen molar-refractivity contribution >= 4 is 17.7 Å². The lowest BCUT2D eigenvalue weighted by molar-refractivity contribution is -0.120. The Labute approximate surface area is 153 Å². The Balaban J connectivity index is 1.73. The summed E-state index contributed by atoms with van der Waals surface area (Å²) in [6.07, 6.45) is 0.474. The third-order valence-electron chi connectivity index (χ3n) is 4.08. The molecule has 1 N–H and O–H groups in total. The summed E-state index contributed by atoms with van der Waals surface area (Å²) in [5, 5.41) is 7.52. The summed E-state index contributed by atoms with van der Waals surface area (Å²) in [5.41, 5.74) is 4.25. The number of aromatic nitrogens is 2. The van der Waals surface area contributed by atoms with Gasteiger partial charge in [-0.3, -0.25) is 9.48 Å². The van der Waals surface area contributed by atoms with Gasteiger partial charge < -0.3 is 5.32 Å². The minimum Gasteiger partial charge on any atom is -0.352 e. The Kier molecular flexibility index (Phi) is 7.05. The number of amides is 1. The Morgan fingerprint density at radius 3 is 2.56 bits per heavy atom. The monoisotopic (exact) mass is 363 g/mol. The van der Waals surface area contributed by atoms with Crippen LogP contribution >= 0.6 is 11.8 Å². The number of carbonyl (C=O) groups excluding carboxylic acids is 1. The summed E-state index contributed by atoms with van der Waals surface area (Å²) < 4.78 is 14.8. The SMILES string of the molecule is Cc1nn(C(C)C)c(C)c1CNC(=O)CCSCc1ccc(F)cc1. The second kappa shape index (κ2) is 9.04. The molecule has 0 bridgehead atoms. The number of hydrogen-bond donors (Lipinski definition) is 1. The van der Waals surface area contributed by atoms with Crippen LogP contribution in [0.4, 0.5) is 4.39 Å². The van der Waals surface area contributed by atoms with Gasteiger partial charge in [-0.05, 0) is 45.4 Å². The van der Waals surface area contributed by atoms with Gasteiger partial charge in [-0.1, -0.05) is 12.1 Å². The first-order valence-electron chi connectivity index (χ1n) is 8.52. The third kappa shape index (κ3) is 5.59. The van der Waals surface area contributed by atoms with E-state index in [4.69, 9.17) is 0 Å². The van der Waals surface area contributed by atoms with Crippen LogP contribution < -0.4 is 5.32 Å². The molecule has 0 radical (unpaired) electrons. The van der Waals surface area contributed by atoms with Crippen LogP contribution in [-0.2, 0) is 17.1 Å². The van der Waals surface area contributed by atoms with Gasteiger partial charge in [-0.25, -0.2) is 4.39 Å². The van der Waals surface area contributed by atoms with Crippen LogP contribution in [0.5, 0.6) is 0 Å². The van der Waals surface area contributed by atoms with Gasteiger partial charge in [0.15, 0.2) is 0 Å². The fraction of sp³-hybridized carbons (Fsp3) is 0.474. The van der Waals surface area contributed by atoms with E-state index in [-0.39, 0.29) is 11.7 Å². The van der Waals surface area contributed by atoms with Crippen LogP contribution in [0.25, 0.3) is 0 Å². The number of thioether (sulfide) groups is 1. The highest BCUT2D eigenvalue weighted by molar-refractivity contribution is 7.98. The number of hydrogen-bond acceptors (Lipinski definition) is 3. The lowest BCUT2D eigenvalue weighted by atomic mass is 10.2. The van der Waals surface area contributed by atoms with Gasteiger partial charge >= 0.3 is 0 Å². The van der Waals surface area contributed by atoms with Gasteiger partial charge in [-0.2, -0.15) is 16.9 Å². The molecule has 1 aromatic heterocycles. The Bertz CT molecular complexity index is 710. The number of halogens is 1. The van der Waals surface area contributed by atoms with E-state index in [1.54, 1.807) is 23.9 Å².